The Morgan fingerprint density at radius 1 is 1.08 bits per heavy atom. The summed E-state index contributed by atoms with van der Waals surface area (Å²) in [6.07, 6.45) is 4.93. The number of aromatic nitrogens is 1. The molecule has 0 saturated heterocycles. The predicted octanol–water partition coefficient (Wildman–Crippen LogP) is 3.22. The molecule has 0 N–H and O–H groups in total. The molecule has 0 bridgehead atoms. The van der Waals surface area contributed by atoms with Gasteiger partial charge in [0.1, 0.15) is 0 Å². The van der Waals surface area contributed by atoms with E-state index in [1.54, 1.807) is 6.92 Å². The Labute approximate surface area is 141 Å². The average Bonchev–Trinajstić information content (AvgIpc) is 2.83. The van der Waals surface area contributed by atoms with E-state index in [-0.39, 0.29) is 13.2 Å². The number of carbonyl (C=O) groups is 2. The Morgan fingerprint density at radius 2 is 1.88 bits per heavy atom. The highest BCUT2D eigenvalue weighted by Gasteiger charge is 2.23. The highest BCUT2D eigenvalue weighted by atomic mass is 16.6. The molecular formula is C19H21NO4. The number of esters is 2. The van der Waals surface area contributed by atoms with Crippen molar-refractivity contribution in [2.75, 3.05) is 13.2 Å². The summed E-state index contributed by atoms with van der Waals surface area (Å²) in [5.41, 5.74) is 3.30. The Balaban J connectivity index is 1.99. The number of carbonyl (C=O) groups excluding carboxylic acids is 2. The highest BCUT2D eigenvalue weighted by molar-refractivity contribution is 6.05. The normalized spacial score (nSPS) is 13.9. The Morgan fingerprint density at radius 3 is 2.71 bits per heavy atom. The zero-order valence-electron chi connectivity index (χ0n) is 13.8. The van der Waals surface area contributed by atoms with Crippen molar-refractivity contribution < 1.29 is 19.1 Å². The second kappa shape index (κ2) is 7.43. The van der Waals surface area contributed by atoms with Gasteiger partial charge in [0.05, 0.1) is 17.7 Å². The van der Waals surface area contributed by atoms with Crippen molar-refractivity contribution >= 4 is 22.8 Å². The molecule has 0 saturated carbocycles. The van der Waals surface area contributed by atoms with Gasteiger partial charge in [-0.05, 0) is 44.2 Å². The molecule has 1 aromatic carbocycles. The average molecular weight is 327 g/mol. The lowest BCUT2D eigenvalue weighted by Gasteiger charge is -2.14. The predicted molar refractivity (Wildman–Crippen MR) is 89.9 cm³/mol. The molecule has 2 aromatic rings. The Hall–Kier alpha value is -2.43. The molecule has 0 amide bonds. The quantitative estimate of drug-likeness (QED) is 0.637. The van der Waals surface area contributed by atoms with Gasteiger partial charge in [0.15, 0.2) is 6.61 Å². The zero-order valence-corrected chi connectivity index (χ0v) is 13.8. The Kier molecular flexibility index (Phi) is 5.08. The van der Waals surface area contributed by atoms with E-state index in [4.69, 9.17) is 14.5 Å². The lowest BCUT2D eigenvalue weighted by atomic mass is 9.97. The zero-order chi connectivity index (χ0) is 16.9. The molecule has 0 aliphatic heterocycles. The van der Waals surface area contributed by atoms with Crippen LogP contribution in [0.4, 0.5) is 0 Å². The van der Waals surface area contributed by atoms with Crippen molar-refractivity contribution in [3.8, 4) is 0 Å². The van der Waals surface area contributed by atoms with Gasteiger partial charge in [-0.3, -0.25) is 4.98 Å². The van der Waals surface area contributed by atoms with E-state index in [9.17, 15) is 9.59 Å². The third kappa shape index (κ3) is 3.40. The summed E-state index contributed by atoms with van der Waals surface area (Å²) in [6, 6.07) is 7.58. The molecule has 0 radical (unpaired) electrons. The fraction of sp³-hybridized carbons (Fsp3) is 0.421. The molecule has 0 atom stereocenters. The van der Waals surface area contributed by atoms with Crippen LogP contribution in [0.2, 0.25) is 0 Å². The lowest BCUT2D eigenvalue weighted by molar-refractivity contribution is -0.146. The van der Waals surface area contributed by atoms with E-state index >= 15 is 0 Å². The van der Waals surface area contributed by atoms with Crippen LogP contribution in [-0.4, -0.2) is 30.1 Å². The van der Waals surface area contributed by atoms with Gasteiger partial charge in [-0.15, -0.1) is 0 Å². The highest BCUT2D eigenvalue weighted by Crippen LogP contribution is 2.29. The van der Waals surface area contributed by atoms with Crippen molar-refractivity contribution in [1.82, 2.24) is 4.98 Å². The van der Waals surface area contributed by atoms with Gasteiger partial charge in [0, 0.05) is 11.1 Å². The summed E-state index contributed by atoms with van der Waals surface area (Å²) < 4.78 is 10.0. The maximum atomic E-state index is 12.7. The number of hydrogen-bond donors (Lipinski definition) is 0. The van der Waals surface area contributed by atoms with E-state index < -0.39 is 11.9 Å². The number of rotatable bonds is 4. The van der Waals surface area contributed by atoms with Gasteiger partial charge in [0.25, 0.3) is 0 Å². The van der Waals surface area contributed by atoms with Gasteiger partial charge in [-0.2, -0.15) is 0 Å². The van der Waals surface area contributed by atoms with Gasteiger partial charge >= 0.3 is 11.9 Å². The SMILES string of the molecule is CCOC(=O)COC(=O)c1c2c(nc3ccccc13)CCCCC2. The van der Waals surface area contributed by atoms with Gasteiger partial charge < -0.3 is 9.47 Å². The summed E-state index contributed by atoms with van der Waals surface area (Å²) in [5, 5.41) is 0.784. The first-order chi connectivity index (χ1) is 11.7. The second-order valence-electron chi connectivity index (χ2n) is 5.87. The number of pyridine rings is 1. The number of hydrogen-bond acceptors (Lipinski definition) is 5. The molecule has 0 fully saturated rings. The molecule has 1 aliphatic rings. The standard InChI is InChI=1S/C19H21NO4/c1-2-23-17(21)12-24-19(22)18-13-8-4-3-5-10-15(13)20-16-11-7-6-9-14(16)18/h6-7,9,11H,2-5,8,10,12H2,1H3. The summed E-state index contributed by atoms with van der Waals surface area (Å²) in [7, 11) is 0. The summed E-state index contributed by atoms with van der Waals surface area (Å²) in [6.45, 7) is 1.62. The fourth-order valence-corrected chi connectivity index (χ4v) is 3.18. The monoisotopic (exact) mass is 327 g/mol. The van der Waals surface area contributed by atoms with Crippen LogP contribution in [-0.2, 0) is 27.1 Å². The van der Waals surface area contributed by atoms with Crippen molar-refractivity contribution in [2.45, 2.75) is 39.0 Å². The minimum atomic E-state index is -0.532. The van der Waals surface area contributed by atoms with Crippen LogP contribution in [0, 0.1) is 0 Å². The van der Waals surface area contributed by atoms with Crippen LogP contribution in [0.25, 0.3) is 10.9 Å². The van der Waals surface area contributed by atoms with E-state index in [2.05, 4.69) is 0 Å². The summed E-state index contributed by atoms with van der Waals surface area (Å²) >= 11 is 0. The number of ether oxygens (including phenoxy) is 2. The Bertz CT molecular complexity index is 769. The van der Waals surface area contributed by atoms with Gasteiger partial charge in [0.2, 0.25) is 0 Å². The topological polar surface area (TPSA) is 65.5 Å². The molecule has 24 heavy (non-hydrogen) atoms. The van der Waals surface area contributed by atoms with E-state index in [0.29, 0.717) is 5.56 Å². The van der Waals surface area contributed by atoms with Gasteiger partial charge in [-0.25, -0.2) is 9.59 Å². The molecular weight excluding hydrogens is 306 g/mol. The summed E-state index contributed by atoms with van der Waals surface area (Å²) in [5.74, 6) is -1.00. The molecule has 0 spiro atoms. The smallest absolute Gasteiger partial charge is 0.344 e. The molecule has 5 nitrogen and oxygen atoms in total. The van der Waals surface area contributed by atoms with Crippen molar-refractivity contribution in [1.29, 1.82) is 0 Å². The molecule has 1 aliphatic carbocycles. The van der Waals surface area contributed by atoms with Crippen LogP contribution in [0.3, 0.4) is 0 Å². The number of nitrogens with zero attached hydrogens (tertiary/aromatic N) is 1. The molecule has 3 rings (SSSR count). The molecule has 5 heteroatoms. The third-order valence-corrected chi connectivity index (χ3v) is 4.25. The first kappa shape index (κ1) is 16.4. The molecule has 1 aromatic heterocycles. The number of benzene rings is 1. The first-order valence-electron chi connectivity index (χ1n) is 8.44. The van der Waals surface area contributed by atoms with Crippen LogP contribution >= 0.6 is 0 Å². The molecule has 1 heterocycles. The minimum absolute atomic E-state index is 0.268. The minimum Gasteiger partial charge on any atom is -0.463 e. The van der Waals surface area contributed by atoms with E-state index in [1.807, 2.05) is 24.3 Å². The second-order valence-corrected chi connectivity index (χ2v) is 5.87. The first-order valence-corrected chi connectivity index (χ1v) is 8.44. The molecule has 126 valence electrons. The van der Waals surface area contributed by atoms with E-state index in [1.165, 1.54) is 0 Å². The van der Waals surface area contributed by atoms with Crippen molar-refractivity contribution in [3.63, 3.8) is 0 Å². The largest absolute Gasteiger partial charge is 0.463 e. The molecule has 0 unspecified atom stereocenters. The van der Waals surface area contributed by atoms with E-state index in [0.717, 1.165) is 54.3 Å². The number of para-hydroxylation sites is 1. The lowest BCUT2D eigenvalue weighted by Crippen LogP contribution is -2.18. The maximum Gasteiger partial charge on any atom is 0.344 e. The van der Waals surface area contributed by atoms with Crippen LogP contribution in [0.5, 0.6) is 0 Å². The van der Waals surface area contributed by atoms with Crippen LogP contribution < -0.4 is 0 Å². The van der Waals surface area contributed by atoms with Crippen molar-refractivity contribution in [3.05, 3.63) is 41.1 Å². The van der Waals surface area contributed by atoms with Crippen LogP contribution in [0.15, 0.2) is 24.3 Å². The number of aryl methyl sites for hydroxylation is 1. The van der Waals surface area contributed by atoms with Crippen LogP contribution in [0.1, 0.15) is 47.8 Å². The number of fused-ring (bicyclic) bond motifs is 2. The third-order valence-electron chi connectivity index (χ3n) is 4.25. The fourth-order valence-electron chi connectivity index (χ4n) is 3.18. The maximum absolute atomic E-state index is 12.7. The van der Waals surface area contributed by atoms with Crippen molar-refractivity contribution in [2.24, 2.45) is 0 Å². The summed E-state index contributed by atoms with van der Waals surface area (Å²) in [4.78, 5) is 28.9. The van der Waals surface area contributed by atoms with Gasteiger partial charge in [-0.1, -0.05) is 24.6 Å².